The summed E-state index contributed by atoms with van der Waals surface area (Å²) >= 11 is 3.40. The van der Waals surface area contributed by atoms with Gasteiger partial charge in [0.05, 0.1) is 4.47 Å². The number of ether oxygens (including phenoxy) is 1. The van der Waals surface area contributed by atoms with Crippen molar-refractivity contribution < 1.29 is 14.3 Å². The molecule has 0 aromatic heterocycles. The summed E-state index contributed by atoms with van der Waals surface area (Å²) in [5.41, 5.74) is 5.91. The number of amides is 2. The van der Waals surface area contributed by atoms with Gasteiger partial charge in [-0.25, -0.2) is 0 Å². The van der Waals surface area contributed by atoms with Crippen molar-refractivity contribution in [3.8, 4) is 5.75 Å². The highest BCUT2D eigenvalue weighted by molar-refractivity contribution is 9.10. The molecule has 5 nitrogen and oxygen atoms in total. The summed E-state index contributed by atoms with van der Waals surface area (Å²) in [7, 11) is 0. The summed E-state index contributed by atoms with van der Waals surface area (Å²) in [6, 6.07) is 5.73. The van der Waals surface area contributed by atoms with Crippen LogP contribution in [-0.2, 0) is 16.0 Å². The van der Waals surface area contributed by atoms with Crippen LogP contribution in [0, 0.1) is 5.92 Å². The van der Waals surface area contributed by atoms with Crippen LogP contribution in [0.1, 0.15) is 25.3 Å². The van der Waals surface area contributed by atoms with Gasteiger partial charge in [-0.05, 0) is 52.9 Å². The first kappa shape index (κ1) is 14.8. The van der Waals surface area contributed by atoms with E-state index in [4.69, 9.17) is 4.74 Å². The van der Waals surface area contributed by atoms with Crippen molar-refractivity contribution in [2.75, 3.05) is 6.61 Å². The summed E-state index contributed by atoms with van der Waals surface area (Å²) in [6.45, 7) is 1.92. The molecule has 108 valence electrons. The number of hydrogen-bond acceptors (Lipinski definition) is 3. The van der Waals surface area contributed by atoms with Gasteiger partial charge >= 0.3 is 0 Å². The third-order valence-corrected chi connectivity index (χ3v) is 3.66. The van der Waals surface area contributed by atoms with E-state index in [1.807, 2.05) is 18.2 Å². The molecule has 0 bridgehead atoms. The summed E-state index contributed by atoms with van der Waals surface area (Å²) in [6.07, 6.45) is 2.73. The molecule has 6 heteroatoms. The van der Waals surface area contributed by atoms with E-state index in [0.29, 0.717) is 5.75 Å². The third kappa shape index (κ3) is 4.23. The average Bonchev–Trinajstić information content (AvgIpc) is 3.27. The highest BCUT2D eigenvalue weighted by atomic mass is 79.9. The van der Waals surface area contributed by atoms with Gasteiger partial charge in [-0.15, -0.1) is 0 Å². The van der Waals surface area contributed by atoms with Crippen molar-refractivity contribution in [3.05, 3.63) is 28.2 Å². The van der Waals surface area contributed by atoms with Crippen molar-refractivity contribution in [2.45, 2.75) is 26.2 Å². The minimum Gasteiger partial charge on any atom is -0.483 e. The normalized spacial score (nSPS) is 13.7. The predicted molar refractivity (Wildman–Crippen MR) is 78.0 cm³/mol. The second-order valence-electron chi connectivity index (χ2n) is 4.72. The first-order chi connectivity index (χ1) is 9.60. The molecule has 2 N–H and O–H groups in total. The van der Waals surface area contributed by atoms with E-state index < -0.39 is 0 Å². The Morgan fingerprint density at radius 1 is 1.35 bits per heavy atom. The number of nitrogens with one attached hydrogen (secondary N) is 2. The van der Waals surface area contributed by atoms with Gasteiger partial charge in [-0.3, -0.25) is 20.4 Å². The Morgan fingerprint density at radius 3 is 2.70 bits per heavy atom. The average molecular weight is 341 g/mol. The summed E-state index contributed by atoms with van der Waals surface area (Å²) < 4.78 is 6.21. The molecule has 0 radical (unpaired) electrons. The lowest BCUT2D eigenvalue weighted by Gasteiger charge is -2.10. The first-order valence-electron chi connectivity index (χ1n) is 6.60. The molecular weight excluding hydrogens is 324 g/mol. The number of carbonyl (C=O) groups excluding carboxylic acids is 2. The Labute approximate surface area is 126 Å². The zero-order chi connectivity index (χ0) is 14.5. The molecule has 0 unspecified atom stereocenters. The smallest absolute Gasteiger partial charge is 0.276 e. The largest absolute Gasteiger partial charge is 0.483 e. The lowest BCUT2D eigenvalue weighted by atomic mass is 10.2. The number of halogens is 1. The molecule has 1 aliphatic carbocycles. The van der Waals surface area contributed by atoms with E-state index in [-0.39, 0.29) is 24.3 Å². The fourth-order valence-corrected chi connectivity index (χ4v) is 2.18. The van der Waals surface area contributed by atoms with Crippen LogP contribution in [0.2, 0.25) is 0 Å². The van der Waals surface area contributed by atoms with Crippen molar-refractivity contribution in [1.82, 2.24) is 10.9 Å². The van der Waals surface area contributed by atoms with Gasteiger partial charge in [0.15, 0.2) is 6.61 Å². The molecule has 2 amide bonds. The summed E-state index contributed by atoms with van der Waals surface area (Å²) in [5.74, 6) is 0.148. The van der Waals surface area contributed by atoms with Gasteiger partial charge in [0.1, 0.15) is 5.75 Å². The molecule has 1 aliphatic rings. The standard InChI is InChI=1S/C14H17BrN2O3/c1-2-9-3-6-12(11(15)7-9)20-8-13(18)16-17-14(19)10-4-5-10/h3,6-7,10H,2,4-5,8H2,1H3,(H,16,18)(H,17,19). The maximum atomic E-state index is 11.5. The highest BCUT2D eigenvalue weighted by Crippen LogP contribution is 2.28. The minimum atomic E-state index is -0.384. The minimum absolute atomic E-state index is 0.0620. The van der Waals surface area contributed by atoms with E-state index in [0.717, 1.165) is 23.7 Å². The zero-order valence-corrected chi connectivity index (χ0v) is 12.8. The number of rotatable bonds is 5. The van der Waals surface area contributed by atoms with Gasteiger partial charge in [-0.1, -0.05) is 13.0 Å². The number of hydrogen-bond donors (Lipinski definition) is 2. The lowest BCUT2D eigenvalue weighted by molar-refractivity contribution is -0.130. The zero-order valence-electron chi connectivity index (χ0n) is 11.2. The molecule has 1 saturated carbocycles. The van der Waals surface area contributed by atoms with Crippen LogP contribution in [0.25, 0.3) is 0 Å². The Bertz CT molecular complexity index is 515. The molecule has 0 atom stereocenters. The Hall–Kier alpha value is -1.56. The van der Waals surface area contributed by atoms with Crippen LogP contribution < -0.4 is 15.6 Å². The molecule has 1 aromatic rings. The highest BCUT2D eigenvalue weighted by Gasteiger charge is 2.29. The molecule has 1 aromatic carbocycles. The number of carbonyl (C=O) groups is 2. The molecule has 0 aliphatic heterocycles. The van der Waals surface area contributed by atoms with Crippen LogP contribution in [0.4, 0.5) is 0 Å². The Kier molecular flexibility index (Phi) is 5.00. The van der Waals surface area contributed by atoms with Gasteiger partial charge in [0.25, 0.3) is 5.91 Å². The van der Waals surface area contributed by atoms with Crippen LogP contribution in [0.5, 0.6) is 5.75 Å². The Morgan fingerprint density at radius 2 is 2.10 bits per heavy atom. The van der Waals surface area contributed by atoms with E-state index in [1.54, 1.807) is 0 Å². The van der Waals surface area contributed by atoms with Gasteiger partial charge in [-0.2, -0.15) is 0 Å². The topological polar surface area (TPSA) is 67.4 Å². The second-order valence-corrected chi connectivity index (χ2v) is 5.57. The lowest BCUT2D eigenvalue weighted by Crippen LogP contribution is -2.44. The quantitative estimate of drug-likeness (QED) is 0.805. The maximum absolute atomic E-state index is 11.5. The number of aryl methyl sites for hydroxylation is 1. The van der Waals surface area contributed by atoms with Crippen LogP contribution in [0.3, 0.4) is 0 Å². The second kappa shape index (κ2) is 6.74. The first-order valence-corrected chi connectivity index (χ1v) is 7.39. The number of benzene rings is 1. The summed E-state index contributed by atoms with van der Waals surface area (Å²) in [4.78, 5) is 22.9. The van der Waals surface area contributed by atoms with E-state index in [9.17, 15) is 9.59 Å². The third-order valence-electron chi connectivity index (χ3n) is 3.04. The molecule has 20 heavy (non-hydrogen) atoms. The van der Waals surface area contributed by atoms with Crippen LogP contribution in [-0.4, -0.2) is 18.4 Å². The van der Waals surface area contributed by atoms with Gasteiger partial charge in [0, 0.05) is 5.92 Å². The van der Waals surface area contributed by atoms with E-state index in [2.05, 4.69) is 33.7 Å². The SMILES string of the molecule is CCc1ccc(OCC(=O)NNC(=O)C2CC2)c(Br)c1. The van der Waals surface area contributed by atoms with Crippen molar-refractivity contribution >= 4 is 27.7 Å². The van der Waals surface area contributed by atoms with E-state index >= 15 is 0 Å². The summed E-state index contributed by atoms with van der Waals surface area (Å²) in [5, 5.41) is 0. The van der Waals surface area contributed by atoms with Crippen molar-refractivity contribution in [3.63, 3.8) is 0 Å². The predicted octanol–water partition coefficient (Wildman–Crippen LogP) is 1.95. The monoisotopic (exact) mass is 340 g/mol. The molecule has 0 saturated heterocycles. The molecule has 2 rings (SSSR count). The van der Waals surface area contributed by atoms with Crippen LogP contribution >= 0.6 is 15.9 Å². The molecule has 0 spiro atoms. The fourth-order valence-electron chi connectivity index (χ4n) is 1.64. The van der Waals surface area contributed by atoms with Crippen molar-refractivity contribution in [2.24, 2.45) is 5.92 Å². The van der Waals surface area contributed by atoms with Gasteiger partial charge in [0.2, 0.25) is 5.91 Å². The number of hydrazine groups is 1. The van der Waals surface area contributed by atoms with E-state index in [1.165, 1.54) is 5.56 Å². The molecule has 1 fully saturated rings. The molecular formula is C14H17BrN2O3. The van der Waals surface area contributed by atoms with Crippen molar-refractivity contribution in [1.29, 1.82) is 0 Å². The fraction of sp³-hybridized carbons (Fsp3) is 0.429. The Balaban J connectivity index is 1.76. The van der Waals surface area contributed by atoms with Crippen LogP contribution in [0.15, 0.2) is 22.7 Å². The molecule has 0 heterocycles. The van der Waals surface area contributed by atoms with Gasteiger partial charge < -0.3 is 4.74 Å². The maximum Gasteiger partial charge on any atom is 0.276 e.